The van der Waals surface area contributed by atoms with Crippen LogP contribution in [0.5, 0.6) is 0 Å². The van der Waals surface area contributed by atoms with Gasteiger partial charge in [-0.05, 0) is 32.0 Å². The number of hydrogen-bond donors (Lipinski definition) is 1. The molecule has 0 saturated carbocycles. The lowest BCUT2D eigenvalue weighted by atomic mass is 10.2. The Hall–Kier alpha value is -1.90. The number of fused-ring (bicyclic) bond motifs is 1. The molecule has 2 nitrogen and oxygen atoms in total. The molecule has 2 aromatic rings. The summed E-state index contributed by atoms with van der Waals surface area (Å²) in [5.41, 5.74) is 2.45. The van der Waals surface area contributed by atoms with E-state index in [1.54, 1.807) is 12.3 Å². The maximum absolute atomic E-state index is 13.4. The van der Waals surface area contributed by atoms with Crippen LogP contribution in [0.4, 0.5) is 10.1 Å². The van der Waals surface area contributed by atoms with E-state index in [2.05, 4.69) is 10.3 Å². The van der Waals surface area contributed by atoms with Crippen LogP contribution in [0.1, 0.15) is 13.8 Å². The zero-order chi connectivity index (χ0) is 11.5. The van der Waals surface area contributed by atoms with E-state index < -0.39 is 0 Å². The van der Waals surface area contributed by atoms with Gasteiger partial charge in [0.15, 0.2) is 0 Å². The van der Waals surface area contributed by atoms with Crippen LogP contribution in [-0.2, 0) is 0 Å². The minimum atomic E-state index is -0.257. The SMILES string of the molecule is C/C=C(/C)Nc1cc(F)cc2cccnc12. The highest BCUT2D eigenvalue weighted by Crippen LogP contribution is 2.23. The van der Waals surface area contributed by atoms with E-state index in [9.17, 15) is 4.39 Å². The van der Waals surface area contributed by atoms with Gasteiger partial charge in [-0.2, -0.15) is 0 Å². The average Bonchev–Trinajstić information content (AvgIpc) is 2.28. The summed E-state index contributed by atoms with van der Waals surface area (Å²) in [7, 11) is 0. The van der Waals surface area contributed by atoms with Gasteiger partial charge in [-0.1, -0.05) is 12.1 Å². The summed E-state index contributed by atoms with van der Waals surface area (Å²) >= 11 is 0. The molecule has 0 amide bonds. The van der Waals surface area contributed by atoms with Crippen LogP contribution >= 0.6 is 0 Å². The van der Waals surface area contributed by atoms with E-state index >= 15 is 0 Å². The second kappa shape index (κ2) is 4.31. The predicted octanol–water partition coefficient (Wildman–Crippen LogP) is 3.71. The number of halogens is 1. The minimum Gasteiger partial charge on any atom is -0.358 e. The lowest BCUT2D eigenvalue weighted by molar-refractivity contribution is 0.630. The van der Waals surface area contributed by atoms with Crippen LogP contribution in [-0.4, -0.2) is 4.98 Å². The van der Waals surface area contributed by atoms with Crippen molar-refractivity contribution in [3.63, 3.8) is 0 Å². The van der Waals surface area contributed by atoms with Crippen molar-refractivity contribution in [1.29, 1.82) is 0 Å². The highest BCUT2D eigenvalue weighted by molar-refractivity contribution is 5.90. The molecule has 0 saturated heterocycles. The fraction of sp³-hybridized carbons (Fsp3) is 0.154. The van der Waals surface area contributed by atoms with Crippen molar-refractivity contribution in [3.8, 4) is 0 Å². The molecule has 0 spiro atoms. The molecule has 1 aromatic carbocycles. The van der Waals surface area contributed by atoms with Crippen molar-refractivity contribution in [2.45, 2.75) is 13.8 Å². The quantitative estimate of drug-likeness (QED) is 0.827. The summed E-state index contributed by atoms with van der Waals surface area (Å²) in [5.74, 6) is -0.257. The van der Waals surface area contributed by atoms with Crippen molar-refractivity contribution < 1.29 is 4.39 Å². The maximum atomic E-state index is 13.4. The Balaban J connectivity index is 2.58. The Morgan fingerprint density at radius 3 is 3.00 bits per heavy atom. The lowest BCUT2D eigenvalue weighted by Gasteiger charge is -2.09. The summed E-state index contributed by atoms with van der Waals surface area (Å²) in [4.78, 5) is 4.25. The molecule has 1 aromatic heterocycles. The van der Waals surface area contributed by atoms with E-state index in [1.807, 2.05) is 26.0 Å². The third-order valence-electron chi connectivity index (χ3n) is 2.43. The van der Waals surface area contributed by atoms with Gasteiger partial charge in [0.05, 0.1) is 11.2 Å². The second-order valence-electron chi connectivity index (χ2n) is 3.63. The number of benzene rings is 1. The third-order valence-corrected chi connectivity index (χ3v) is 2.43. The van der Waals surface area contributed by atoms with Crippen LogP contribution in [0.25, 0.3) is 10.9 Å². The molecule has 2 rings (SSSR count). The number of anilines is 1. The molecule has 1 N–H and O–H groups in total. The maximum Gasteiger partial charge on any atom is 0.126 e. The Morgan fingerprint density at radius 2 is 2.25 bits per heavy atom. The van der Waals surface area contributed by atoms with Gasteiger partial charge in [-0.3, -0.25) is 4.98 Å². The molecule has 1 heterocycles. The normalized spacial score (nSPS) is 11.8. The number of rotatable bonds is 2. The van der Waals surface area contributed by atoms with Crippen LogP contribution in [0.15, 0.2) is 42.2 Å². The van der Waals surface area contributed by atoms with Gasteiger partial charge in [-0.25, -0.2) is 4.39 Å². The van der Waals surface area contributed by atoms with Crippen molar-refractivity contribution in [3.05, 3.63) is 48.1 Å². The molecule has 82 valence electrons. The zero-order valence-electron chi connectivity index (χ0n) is 9.29. The summed E-state index contributed by atoms with van der Waals surface area (Å²) in [6.07, 6.45) is 3.64. The molecule has 0 atom stereocenters. The topological polar surface area (TPSA) is 24.9 Å². The van der Waals surface area contributed by atoms with Gasteiger partial charge in [0.1, 0.15) is 5.82 Å². The Morgan fingerprint density at radius 1 is 1.44 bits per heavy atom. The molecular formula is C13H13FN2. The smallest absolute Gasteiger partial charge is 0.126 e. The number of pyridine rings is 1. The van der Waals surface area contributed by atoms with E-state index in [0.717, 1.165) is 16.6 Å². The molecule has 16 heavy (non-hydrogen) atoms. The zero-order valence-corrected chi connectivity index (χ0v) is 9.29. The molecule has 0 fully saturated rings. The van der Waals surface area contributed by atoms with Crippen LogP contribution in [0, 0.1) is 5.82 Å². The third kappa shape index (κ3) is 2.03. The minimum absolute atomic E-state index is 0.257. The molecular weight excluding hydrogens is 203 g/mol. The Bertz CT molecular complexity index is 547. The van der Waals surface area contributed by atoms with Crippen molar-refractivity contribution in [2.24, 2.45) is 0 Å². The van der Waals surface area contributed by atoms with Crippen molar-refractivity contribution in [1.82, 2.24) is 4.98 Å². The Labute approximate surface area is 93.8 Å². The van der Waals surface area contributed by atoms with Crippen LogP contribution in [0.2, 0.25) is 0 Å². The van der Waals surface area contributed by atoms with Crippen LogP contribution in [0.3, 0.4) is 0 Å². The van der Waals surface area contributed by atoms with E-state index in [-0.39, 0.29) is 5.82 Å². The van der Waals surface area contributed by atoms with Gasteiger partial charge in [0.25, 0.3) is 0 Å². The molecule has 0 aliphatic carbocycles. The number of aromatic nitrogens is 1. The van der Waals surface area contributed by atoms with E-state index in [4.69, 9.17) is 0 Å². The highest BCUT2D eigenvalue weighted by Gasteiger charge is 2.04. The monoisotopic (exact) mass is 216 g/mol. The first kappa shape index (κ1) is 10.6. The molecule has 0 aliphatic heterocycles. The Kier molecular flexibility index (Phi) is 2.86. The first-order valence-corrected chi connectivity index (χ1v) is 5.15. The molecule has 0 radical (unpaired) electrons. The second-order valence-corrected chi connectivity index (χ2v) is 3.63. The number of hydrogen-bond acceptors (Lipinski definition) is 2. The average molecular weight is 216 g/mol. The van der Waals surface area contributed by atoms with Gasteiger partial charge < -0.3 is 5.32 Å². The molecule has 0 bridgehead atoms. The predicted molar refractivity (Wildman–Crippen MR) is 64.8 cm³/mol. The summed E-state index contributed by atoms with van der Waals surface area (Å²) in [6, 6.07) is 6.59. The van der Waals surface area contributed by atoms with Crippen LogP contribution < -0.4 is 5.32 Å². The summed E-state index contributed by atoms with van der Waals surface area (Å²) in [6.45, 7) is 3.86. The number of allylic oxidation sites excluding steroid dienone is 2. The van der Waals surface area contributed by atoms with Gasteiger partial charge in [-0.15, -0.1) is 0 Å². The van der Waals surface area contributed by atoms with E-state index in [0.29, 0.717) is 5.69 Å². The van der Waals surface area contributed by atoms with Gasteiger partial charge in [0.2, 0.25) is 0 Å². The fourth-order valence-electron chi connectivity index (χ4n) is 1.54. The molecule has 3 heteroatoms. The first-order chi connectivity index (χ1) is 7.70. The first-order valence-electron chi connectivity index (χ1n) is 5.15. The van der Waals surface area contributed by atoms with Gasteiger partial charge in [0, 0.05) is 17.3 Å². The summed E-state index contributed by atoms with van der Waals surface area (Å²) < 4.78 is 13.4. The largest absolute Gasteiger partial charge is 0.358 e. The fourth-order valence-corrected chi connectivity index (χ4v) is 1.54. The van der Waals surface area contributed by atoms with E-state index in [1.165, 1.54) is 12.1 Å². The summed E-state index contributed by atoms with van der Waals surface area (Å²) in [5, 5.41) is 3.93. The number of nitrogens with one attached hydrogen (secondary N) is 1. The standard InChI is InChI=1S/C13H13FN2/c1-3-9(2)16-12-8-11(14)7-10-5-4-6-15-13(10)12/h3-8,16H,1-2H3/b9-3-. The van der Waals surface area contributed by atoms with Crippen molar-refractivity contribution in [2.75, 3.05) is 5.32 Å². The van der Waals surface area contributed by atoms with Crippen molar-refractivity contribution >= 4 is 16.6 Å². The highest BCUT2D eigenvalue weighted by atomic mass is 19.1. The number of nitrogens with zero attached hydrogens (tertiary/aromatic N) is 1. The van der Waals surface area contributed by atoms with Gasteiger partial charge >= 0.3 is 0 Å². The molecule has 0 aliphatic rings. The molecule has 0 unspecified atom stereocenters. The lowest BCUT2D eigenvalue weighted by Crippen LogP contribution is -1.97.